The van der Waals surface area contributed by atoms with E-state index in [0.29, 0.717) is 0 Å². The van der Waals surface area contributed by atoms with E-state index < -0.39 is 0 Å². The van der Waals surface area contributed by atoms with Crippen LogP contribution in [0.4, 0.5) is 0 Å². The van der Waals surface area contributed by atoms with Gasteiger partial charge in [0.2, 0.25) is 0 Å². The van der Waals surface area contributed by atoms with Gasteiger partial charge in [-0.3, -0.25) is 0 Å². The second-order valence-electron chi connectivity index (χ2n) is 5.79. The zero-order valence-corrected chi connectivity index (χ0v) is 12.9. The fraction of sp³-hybridized carbons (Fsp3) is 0.600. The first-order chi connectivity index (χ1) is 8.78. The zero-order valence-electron chi connectivity index (χ0n) is 12.9. The Kier molecular flexibility index (Phi) is 5.20. The van der Waals surface area contributed by atoms with Crippen molar-refractivity contribution in [3.63, 3.8) is 0 Å². The molecule has 1 aromatic rings. The number of hydrogen-bond acceptors (Lipinski definition) is 4. The number of rotatable bonds is 6. The van der Waals surface area contributed by atoms with Crippen molar-refractivity contribution in [2.75, 3.05) is 28.3 Å². The Morgan fingerprint density at radius 3 is 2.16 bits per heavy atom. The summed E-state index contributed by atoms with van der Waals surface area (Å²) < 4.78 is 10.6. The molecule has 0 bridgehead atoms. The molecule has 0 saturated heterocycles. The van der Waals surface area contributed by atoms with Gasteiger partial charge in [0.05, 0.1) is 14.2 Å². The maximum atomic E-state index is 6.16. The molecule has 1 atom stereocenters. The number of nitrogens with zero attached hydrogens (tertiary/aromatic N) is 1. The highest BCUT2D eigenvalue weighted by atomic mass is 16.5. The predicted molar refractivity (Wildman–Crippen MR) is 78.9 cm³/mol. The second kappa shape index (κ2) is 6.26. The lowest BCUT2D eigenvalue weighted by molar-refractivity contribution is 0.242. The molecule has 2 N–H and O–H groups in total. The highest BCUT2D eigenvalue weighted by molar-refractivity contribution is 5.43. The van der Waals surface area contributed by atoms with Gasteiger partial charge >= 0.3 is 0 Å². The molecule has 4 nitrogen and oxygen atoms in total. The van der Waals surface area contributed by atoms with E-state index in [1.807, 2.05) is 26.0 Å². The average molecular weight is 266 g/mol. The third-order valence-electron chi connectivity index (χ3n) is 3.14. The molecular weight excluding hydrogens is 240 g/mol. The van der Waals surface area contributed by atoms with Crippen molar-refractivity contribution in [1.82, 2.24) is 4.90 Å². The van der Waals surface area contributed by atoms with Gasteiger partial charge in [0.1, 0.15) is 0 Å². The fourth-order valence-corrected chi connectivity index (χ4v) is 2.16. The lowest BCUT2D eigenvalue weighted by Crippen LogP contribution is -2.37. The van der Waals surface area contributed by atoms with E-state index in [0.717, 1.165) is 17.9 Å². The second-order valence-corrected chi connectivity index (χ2v) is 5.79. The van der Waals surface area contributed by atoms with Crippen LogP contribution in [-0.4, -0.2) is 38.8 Å². The van der Waals surface area contributed by atoms with Crippen LogP contribution in [0, 0.1) is 0 Å². The molecular formula is C15H26N2O2. The molecule has 0 spiro atoms. The monoisotopic (exact) mass is 266 g/mol. The third-order valence-corrected chi connectivity index (χ3v) is 3.14. The topological polar surface area (TPSA) is 47.7 Å². The summed E-state index contributed by atoms with van der Waals surface area (Å²) in [5.74, 6) is 1.50. The van der Waals surface area contributed by atoms with E-state index in [9.17, 15) is 0 Å². The summed E-state index contributed by atoms with van der Waals surface area (Å²) >= 11 is 0. The summed E-state index contributed by atoms with van der Waals surface area (Å²) in [6.07, 6.45) is 0.871. The first-order valence-corrected chi connectivity index (χ1v) is 6.45. The highest BCUT2D eigenvalue weighted by Crippen LogP contribution is 2.34. The SMILES string of the molecule is COc1ccc(C(CC(C)(C)N)N(C)C)cc1OC. The molecule has 0 heterocycles. The van der Waals surface area contributed by atoms with Crippen LogP contribution in [0.3, 0.4) is 0 Å². The van der Waals surface area contributed by atoms with E-state index in [4.69, 9.17) is 15.2 Å². The Morgan fingerprint density at radius 1 is 1.16 bits per heavy atom. The van der Waals surface area contributed by atoms with Crippen molar-refractivity contribution in [1.29, 1.82) is 0 Å². The van der Waals surface area contributed by atoms with Crippen LogP contribution in [0.15, 0.2) is 18.2 Å². The van der Waals surface area contributed by atoms with Crippen LogP contribution < -0.4 is 15.2 Å². The Bertz CT molecular complexity index is 411. The van der Waals surface area contributed by atoms with Crippen molar-refractivity contribution in [2.24, 2.45) is 5.73 Å². The number of benzene rings is 1. The summed E-state index contributed by atoms with van der Waals surface area (Å²) in [5, 5.41) is 0. The predicted octanol–water partition coefficient (Wildman–Crippen LogP) is 2.43. The molecule has 0 aliphatic carbocycles. The van der Waals surface area contributed by atoms with Gasteiger partial charge < -0.3 is 20.1 Å². The zero-order chi connectivity index (χ0) is 14.6. The van der Waals surface area contributed by atoms with Crippen molar-refractivity contribution < 1.29 is 9.47 Å². The number of nitrogens with two attached hydrogens (primary N) is 1. The molecule has 0 radical (unpaired) electrons. The molecule has 0 aliphatic heterocycles. The quantitative estimate of drug-likeness (QED) is 0.859. The lowest BCUT2D eigenvalue weighted by Gasteiger charge is -2.31. The Balaban J connectivity index is 3.09. The van der Waals surface area contributed by atoms with Gasteiger partial charge in [-0.2, -0.15) is 0 Å². The summed E-state index contributed by atoms with van der Waals surface area (Å²) in [5.41, 5.74) is 7.12. The Hall–Kier alpha value is -1.26. The molecule has 0 aromatic heterocycles. The van der Waals surface area contributed by atoms with Crippen molar-refractivity contribution in [2.45, 2.75) is 31.8 Å². The normalized spacial score (nSPS) is 13.5. The number of ether oxygens (including phenoxy) is 2. The van der Waals surface area contributed by atoms with E-state index in [-0.39, 0.29) is 11.6 Å². The minimum Gasteiger partial charge on any atom is -0.493 e. The summed E-state index contributed by atoms with van der Waals surface area (Å²) in [6.45, 7) is 4.09. The Morgan fingerprint density at radius 2 is 1.74 bits per heavy atom. The van der Waals surface area contributed by atoms with Gasteiger partial charge in [0.15, 0.2) is 11.5 Å². The van der Waals surface area contributed by atoms with Crippen molar-refractivity contribution in [3.05, 3.63) is 23.8 Å². The van der Waals surface area contributed by atoms with Crippen LogP contribution in [-0.2, 0) is 0 Å². The average Bonchev–Trinajstić information content (AvgIpc) is 2.33. The third kappa shape index (κ3) is 4.40. The fourth-order valence-electron chi connectivity index (χ4n) is 2.16. The van der Waals surface area contributed by atoms with Gasteiger partial charge in [-0.1, -0.05) is 6.07 Å². The van der Waals surface area contributed by atoms with Crippen LogP contribution in [0.2, 0.25) is 0 Å². The van der Waals surface area contributed by atoms with E-state index >= 15 is 0 Å². The molecule has 0 aliphatic rings. The van der Waals surface area contributed by atoms with Gasteiger partial charge in [-0.25, -0.2) is 0 Å². The van der Waals surface area contributed by atoms with E-state index in [2.05, 4.69) is 25.1 Å². The maximum Gasteiger partial charge on any atom is 0.161 e. The van der Waals surface area contributed by atoms with Crippen LogP contribution in [0.1, 0.15) is 31.9 Å². The highest BCUT2D eigenvalue weighted by Gasteiger charge is 2.23. The van der Waals surface area contributed by atoms with Crippen LogP contribution >= 0.6 is 0 Å². The van der Waals surface area contributed by atoms with Gasteiger partial charge in [-0.05, 0) is 52.1 Å². The van der Waals surface area contributed by atoms with E-state index in [1.54, 1.807) is 14.2 Å². The number of hydrogen-bond donors (Lipinski definition) is 1. The van der Waals surface area contributed by atoms with Gasteiger partial charge in [-0.15, -0.1) is 0 Å². The minimum absolute atomic E-state index is 0.220. The standard InChI is InChI=1S/C15H26N2O2/c1-15(2,16)10-12(17(3)4)11-7-8-13(18-5)14(9-11)19-6/h7-9,12H,10,16H2,1-6H3. The van der Waals surface area contributed by atoms with Crippen molar-refractivity contribution >= 4 is 0 Å². The van der Waals surface area contributed by atoms with Crippen molar-refractivity contribution in [3.8, 4) is 11.5 Å². The molecule has 0 amide bonds. The molecule has 1 aromatic carbocycles. The molecule has 4 heteroatoms. The molecule has 0 fully saturated rings. The van der Waals surface area contributed by atoms with Crippen LogP contribution in [0.25, 0.3) is 0 Å². The Labute approximate surface area is 116 Å². The molecule has 19 heavy (non-hydrogen) atoms. The summed E-state index contributed by atoms with van der Waals surface area (Å²) in [6, 6.07) is 6.28. The molecule has 1 unspecified atom stereocenters. The van der Waals surface area contributed by atoms with Crippen LogP contribution in [0.5, 0.6) is 11.5 Å². The largest absolute Gasteiger partial charge is 0.493 e. The minimum atomic E-state index is -0.220. The first kappa shape index (κ1) is 15.8. The molecule has 1 rings (SSSR count). The lowest BCUT2D eigenvalue weighted by atomic mass is 9.91. The first-order valence-electron chi connectivity index (χ1n) is 6.45. The van der Waals surface area contributed by atoms with Gasteiger partial charge in [0.25, 0.3) is 0 Å². The van der Waals surface area contributed by atoms with Gasteiger partial charge in [0, 0.05) is 11.6 Å². The van der Waals surface area contributed by atoms with E-state index in [1.165, 1.54) is 5.56 Å². The smallest absolute Gasteiger partial charge is 0.161 e. The number of methoxy groups -OCH3 is 2. The summed E-state index contributed by atoms with van der Waals surface area (Å²) in [7, 11) is 7.42. The summed E-state index contributed by atoms with van der Waals surface area (Å²) in [4.78, 5) is 2.18. The molecule has 108 valence electrons. The maximum absolute atomic E-state index is 6.16. The molecule has 0 saturated carbocycles.